The Hall–Kier alpha value is -0.240. The van der Waals surface area contributed by atoms with Crippen molar-refractivity contribution in [1.82, 2.24) is 4.67 Å². The van der Waals surface area contributed by atoms with Crippen LogP contribution in [0.3, 0.4) is 0 Å². The van der Waals surface area contributed by atoms with Crippen LogP contribution in [0.2, 0.25) is 0 Å². The third-order valence-corrected chi connectivity index (χ3v) is 4.49. The molecule has 0 aliphatic rings. The molecule has 0 rings (SSSR count). The van der Waals surface area contributed by atoms with Crippen LogP contribution in [0.25, 0.3) is 0 Å². The third kappa shape index (κ3) is 8.84. The van der Waals surface area contributed by atoms with Crippen LogP contribution in [0.5, 0.6) is 0 Å². The van der Waals surface area contributed by atoms with Gasteiger partial charge in [-0.1, -0.05) is 6.90 Å². The molecule has 0 aromatic rings. The van der Waals surface area contributed by atoms with Crippen LogP contribution in [0.1, 0.15) is 48.8 Å². The Kier molecular flexibility index (Phi) is 11.1. The summed E-state index contributed by atoms with van der Waals surface area (Å²) in [5.74, 6) is 0. The first kappa shape index (κ1) is 17.8. The molecule has 0 aliphatic carbocycles. The molecule has 0 bridgehead atoms. The van der Waals surface area contributed by atoms with Gasteiger partial charge in [0.1, 0.15) is 0 Å². The van der Waals surface area contributed by atoms with Gasteiger partial charge in [0.2, 0.25) is 0 Å². The van der Waals surface area contributed by atoms with Crippen LogP contribution in [0, 0.1) is 11.3 Å². The maximum atomic E-state index is 8.62. The van der Waals surface area contributed by atoms with Gasteiger partial charge in [-0.25, -0.2) is 4.67 Å². The predicted octanol–water partition coefficient (Wildman–Crippen LogP) is 3.71. The highest BCUT2D eigenvalue weighted by Gasteiger charge is 2.26. The van der Waals surface area contributed by atoms with Gasteiger partial charge in [0.05, 0.1) is 32.3 Å². The molecule has 0 aromatic heterocycles. The smallest absolute Gasteiger partial charge is 0.259 e. The molecule has 5 nitrogen and oxygen atoms in total. The van der Waals surface area contributed by atoms with Gasteiger partial charge >= 0.3 is 0 Å². The topological polar surface area (TPSA) is 54.7 Å². The van der Waals surface area contributed by atoms with Gasteiger partial charge in [-0.2, -0.15) is 5.26 Å². The van der Waals surface area contributed by atoms with E-state index in [9.17, 15) is 0 Å². The number of hydrogen-bond acceptors (Lipinski definition) is 5. The maximum absolute atomic E-state index is 8.62. The zero-order valence-electron chi connectivity index (χ0n) is 14.2. The van der Waals surface area contributed by atoms with Crippen LogP contribution in [0.15, 0.2) is 0 Å². The Bertz CT molecular complexity index is 280. The van der Waals surface area contributed by atoms with E-state index in [1.165, 1.54) is 0 Å². The van der Waals surface area contributed by atoms with E-state index in [4.69, 9.17) is 20.4 Å². The molecule has 0 amide bonds. The van der Waals surface area contributed by atoms with Crippen molar-refractivity contribution in [1.29, 1.82) is 5.26 Å². The Balaban J connectivity index is 4.27. The summed E-state index contributed by atoms with van der Waals surface area (Å²) in [5.41, 5.74) is 0. The van der Waals surface area contributed by atoms with E-state index in [1.54, 1.807) is 0 Å². The highest BCUT2D eigenvalue weighted by Crippen LogP contribution is 2.45. The summed E-state index contributed by atoms with van der Waals surface area (Å²) in [6.45, 7) is 10.8. The van der Waals surface area contributed by atoms with Gasteiger partial charge < -0.3 is 13.8 Å². The van der Waals surface area contributed by atoms with Crippen molar-refractivity contribution < 1.29 is 15.2 Å². The molecule has 118 valence electrons. The van der Waals surface area contributed by atoms with E-state index in [0.29, 0.717) is 51.8 Å². The Morgan fingerprint density at radius 1 is 1.10 bits per heavy atom. The largest absolute Gasteiger partial charge is 0.379 e. The lowest BCUT2D eigenvalue weighted by Crippen LogP contribution is -2.34. The lowest BCUT2D eigenvalue weighted by Gasteiger charge is -2.35. The van der Waals surface area contributed by atoms with Crippen molar-refractivity contribution in [3.05, 3.63) is 0 Å². The van der Waals surface area contributed by atoms with Crippen LogP contribution < -0.4 is 0 Å². The standard InChI is InChI=1S/C14H29N2O3P/c1-6-9-17-11-12-19-20(18-10-7-8-15)16(13(2)3)14(4)5/h13-14H,6-7,9-12H2,1-5H3/i1D. The Labute approximate surface area is 126 Å². The average Bonchev–Trinajstić information content (AvgIpc) is 2.41. The van der Waals surface area contributed by atoms with Gasteiger partial charge in [-0.3, -0.25) is 0 Å². The molecular formula is C14H29N2O3P. The minimum atomic E-state index is -1.17. The molecule has 0 saturated carbocycles. The van der Waals surface area contributed by atoms with Gasteiger partial charge in [-0.15, -0.1) is 0 Å². The summed E-state index contributed by atoms with van der Waals surface area (Å²) in [7, 11) is -1.17. The normalized spacial score (nSPS) is 13.8. The first-order valence-corrected chi connectivity index (χ1v) is 8.25. The quantitative estimate of drug-likeness (QED) is 0.406. The molecule has 0 heterocycles. The lowest BCUT2D eigenvalue weighted by atomic mass is 10.3. The molecule has 1 unspecified atom stereocenters. The molecule has 0 N–H and O–H groups in total. The Morgan fingerprint density at radius 2 is 1.75 bits per heavy atom. The molecule has 0 radical (unpaired) electrons. The summed E-state index contributed by atoms with van der Waals surface area (Å²) in [6.07, 6.45) is 1.11. The first-order chi connectivity index (χ1) is 10.0. The molecule has 0 fully saturated rings. The summed E-state index contributed by atoms with van der Waals surface area (Å²) < 4.78 is 26.2. The van der Waals surface area contributed by atoms with Crippen molar-refractivity contribution in [2.75, 3.05) is 26.4 Å². The molecule has 0 spiro atoms. The van der Waals surface area contributed by atoms with Crippen molar-refractivity contribution in [3.8, 4) is 6.07 Å². The van der Waals surface area contributed by atoms with Gasteiger partial charge in [0.25, 0.3) is 8.53 Å². The zero-order chi connectivity index (χ0) is 16.1. The molecular weight excluding hydrogens is 275 g/mol. The van der Waals surface area contributed by atoms with E-state index in [2.05, 4.69) is 38.4 Å². The SMILES string of the molecule is [2H]CCCOCCOP(OCCC#N)N(C(C)C)C(C)C. The van der Waals surface area contributed by atoms with Crippen molar-refractivity contribution in [2.24, 2.45) is 0 Å². The van der Waals surface area contributed by atoms with Gasteiger partial charge in [-0.05, 0) is 34.1 Å². The molecule has 1 atom stereocenters. The van der Waals surface area contributed by atoms with Crippen molar-refractivity contribution >= 4 is 8.53 Å². The van der Waals surface area contributed by atoms with Crippen molar-refractivity contribution in [2.45, 2.75) is 59.5 Å². The Morgan fingerprint density at radius 3 is 2.30 bits per heavy atom. The number of nitriles is 1. The highest BCUT2D eigenvalue weighted by atomic mass is 31.2. The molecule has 6 heteroatoms. The van der Waals surface area contributed by atoms with E-state index in [1.807, 2.05) is 0 Å². The fourth-order valence-corrected chi connectivity index (χ4v) is 3.27. The number of rotatable bonds is 12. The average molecular weight is 305 g/mol. The summed E-state index contributed by atoms with van der Waals surface area (Å²) >= 11 is 0. The van der Waals surface area contributed by atoms with Crippen molar-refractivity contribution in [3.63, 3.8) is 0 Å². The predicted molar refractivity (Wildman–Crippen MR) is 82.3 cm³/mol. The summed E-state index contributed by atoms with van der Waals surface area (Å²) in [4.78, 5) is 0. The van der Waals surface area contributed by atoms with Crippen LogP contribution in [0.4, 0.5) is 0 Å². The maximum Gasteiger partial charge on any atom is 0.259 e. The minimum absolute atomic E-state index is 0.308. The monoisotopic (exact) mass is 305 g/mol. The van der Waals surface area contributed by atoms with E-state index < -0.39 is 8.53 Å². The second-order valence-corrected chi connectivity index (χ2v) is 6.30. The number of ether oxygens (including phenoxy) is 1. The minimum Gasteiger partial charge on any atom is -0.379 e. The van der Waals surface area contributed by atoms with E-state index in [-0.39, 0.29) is 0 Å². The fraction of sp³-hybridized carbons (Fsp3) is 0.929. The highest BCUT2D eigenvalue weighted by molar-refractivity contribution is 7.44. The second kappa shape index (κ2) is 12.5. The zero-order valence-corrected chi connectivity index (χ0v) is 14.1. The van der Waals surface area contributed by atoms with Gasteiger partial charge in [0.15, 0.2) is 0 Å². The molecule has 20 heavy (non-hydrogen) atoms. The molecule has 0 aliphatic heterocycles. The molecule has 0 aromatic carbocycles. The second-order valence-electron chi connectivity index (χ2n) is 4.85. The summed E-state index contributed by atoms with van der Waals surface area (Å²) in [5, 5.41) is 8.62. The first-order valence-electron chi connectivity index (χ1n) is 7.83. The van der Waals surface area contributed by atoms with E-state index >= 15 is 0 Å². The van der Waals surface area contributed by atoms with E-state index in [0.717, 1.165) is 6.42 Å². The fourth-order valence-electron chi connectivity index (χ4n) is 1.69. The molecule has 0 saturated heterocycles. The summed E-state index contributed by atoms with van der Waals surface area (Å²) in [6, 6.07) is 2.70. The van der Waals surface area contributed by atoms with Crippen LogP contribution in [-0.4, -0.2) is 43.2 Å². The third-order valence-electron chi connectivity index (χ3n) is 2.38. The lowest BCUT2D eigenvalue weighted by molar-refractivity contribution is 0.0883. The number of hydrogen-bond donors (Lipinski definition) is 0. The van der Waals surface area contributed by atoms with Crippen LogP contribution >= 0.6 is 8.53 Å². The van der Waals surface area contributed by atoms with Gasteiger partial charge in [0, 0.05) is 20.1 Å². The van der Waals surface area contributed by atoms with Crippen LogP contribution in [-0.2, 0) is 13.8 Å². The number of nitrogens with zero attached hydrogens (tertiary/aromatic N) is 2.